The van der Waals surface area contributed by atoms with Crippen molar-refractivity contribution < 1.29 is 18.5 Å². The number of hydrogen-bond acceptors (Lipinski definition) is 6. The van der Waals surface area contributed by atoms with Gasteiger partial charge in [-0.05, 0) is 43.9 Å². The van der Waals surface area contributed by atoms with Crippen LogP contribution in [0.25, 0.3) is 11.3 Å². The van der Waals surface area contributed by atoms with E-state index >= 15 is 0 Å². The molecular weight excluding hydrogens is 394 g/mol. The Morgan fingerprint density at radius 1 is 1.19 bits per heavy atom. The van der Waals surface area contributed by atoms with E-state index in [1.165, 1.54) is 0 Å². The van der Waals surface area contributed by atoms with Crippen molar-refractivity contribution >= 4 is 11.8 Å². The number of ether oxygens (including phenoxy) is 1. The molecule has 1 aliphatic carbocycles. The van der Waals surface area contributed by atoms with Gasteiger partial charge in [0.15, 0.2) is 5.76 Å². The van der Waals surface area contributed by atoms with E-state index in [0.717, 1.165) is 54.2 Å². The van der Waals surface area contributed by atoms with E-state index in [0.29, 0.717) is 38.0 Å². The van der Waals surface area contributed by atoms with Crippen molar-refractivity contribution in [3.05, 3.63) is 59.5 Å². The van der Waals surface area contributed by atoms with Gasteiger partial charge in [-0.1, -0.05) is 28.9 Å². The van der Waals surface area contributed by atoms with E-state index in [4.69, 9.17) is 13.7 Å². The minimum atomic E-state index is -0.0961. The lowest BCUT2D eigenvalue weighted by Gasteiger charge is -2.28. The maximum atomic E-state index is 13.2. The predicted octanol–water partition coefficient (Wildman–Crippen LogP) is 4.13. The molecule has 1 aliphatic heterocycles. The number of carbonyl (C=O) groups excluding carboxylic acids is 1. The van der Waals surface area contributed by atoms with Gasteiger partial charge >= 0.3 is 0 Å². The number of hydrogen-bond donors (Lipinski definition) is 0. The van der Waals surface area contributed by atoms with Crippen LogP contribution in [0, 0.1) is 12.8 Å². The van der Waals surface area contributed by atoms with Crippen LogP contribution in [0.3, 0.4) is 0 Å². The molecule has 2 aliphatic rings. The second-order valence-electron chi connectivity index (χ2n) is 8.39. The fourth-order valence-electron chi connectivity index (χ4n) is 4.06. The summed E-state index contributed by atoms with van der Waals surface area (Å²) in [7, 11) is 0. The molecule has 1 amide bonds. The van der Waals surface area contributed by atoms with Crippen LogP contribution in [-0.4, -0.2) is 48.8 Å². The zero-order valence-corrected chi connectivity index (χ0v) is 17.8. The van der Waals surface area contributed by atoms with E-state index in [2.05, 4.69) is 29.1 Å². The first kappa shape index (κ1) is 19.9. The quantitative estimate of drug-likeness (QED) is 0.571. The molecule has 0 spiro atoms. The van der Waals surface area contributed by atoms with Crippen molar-refractivity contribution in [1.29, 1.82) is 0 Å². The first-order valence-electron chi connectivity index (χ1n) is 10.9. The Morgan fingerprint density at radius 3 is 2.74 bits per heavy atom. The van der Waals surface area contributed by atoms with Crippen LogP contribution in [0.4, 0.5) is 5.88 Å². The molecule has 1 saturated heterocycles. The number of rotatable bonds is 7. The first-order valence-corrected chi connectivity index (χ1v) is 10.9. The van der Waals surface area contributed by atoms with Gasteiger partial charge in [0.2, 0.25) is 5.88 Å². The molecule has 2 fully saturated rings. The molecule has 0 radical (unpaired) electrons. The van der Waals surface area contributed by atoms with Crippen molar-refractivity contribution in [1.82, 2.24) is 10.1 Å². The number of aryl methyl sites for hydroxylation is 1. The molecule has 7 nitrogen and oxygen atoms in total. The molecule has 3 heterocycles. The van der Waals surface area contributed by atoms with Crippen LogP contribution in [0.2, 0.25) is 0 Å². The molecule has 0 bridgehead atoms. The molecule has 1 aromatic carbocycles. The highest BCUT2D eigenvalue weighted by molar-refractivity contribution is 5.91. The topological polar surface area (TPSA) is 72.0 Å². The number of anilines is 1. The third kappa shape index (κ3) is 4.37. The summed E-state index contributed by atoms with van der Waals surface area (Å²) in [6.07, 6.45) is 3.86. The normalized spacial score (nSPS) is 16.5. The highest BCUT2D eigenvalue weighted by Crippen LogP contribution is 2.36. The zero-order chi connectivity index (χ0) is 21.2. The summed E-state index contributed by atoms with van der Waals surface area (Å²) in [5, 5.41) is 4.45. The average molecular weight is 421 g/mol. The van der Waals surface area contributed by atoms with Crippen molar-refractivity contribution in [2.24, 2.45) is 5.92 Å². The fourth-order valence-corrected chi connectivity index (χ4v) is 4.06. The van der Waals surface area contributed by atoms with Gasteiger partial charge in [-0.3, -0.25) is 4.79 Å². The van der Waals surface area contributed by atoms with Gasteiger partial charge in [0.25, 0.3) is 5.91 Å². The molecule has 5 rings (SSSR count). The van der Waals surface area contributed by atoms with Gasteiger partial charge in [-0.15, -0.1) is 0 Å². The summed E-state index contributed by atoms with van der Waals surface area (Å²) in [5.41, 5.74) is 3.88. The third-order valence-corrected chi connectivity index (χ3v) is 5.90. The Labute approximate surface area is 181 Å². The Balaban J connectivity index is 1.52. The number of aromatic nitrogens is 1. The fraction of sp³-hybridized carbons (Fsp3) is 0.417. The van der Waals surface area contributed by atoms with E-state index in [9.17, 15) is 4.79 Å². The molecule has 31 heavy (non-hydrogen) atoms. The molecule has 0 N–H and O–H groups in total. The van der Waals surface area contributed by atoms with Gasteiger partial charge in [0.05, 0.1) is 31.6 Å². The number of furan rings is 1. The lowest BCUT2D eigenvalue weighted by Crippen LogP contribution is -2.37. The molecular formula is C24H27N3O4. The van der Waals surface area contributed by atoms with E-state index in [1.807, 2.05) is 17.0 Å². The van der Waals surface area contributed by atoms with Crippen molar-refractivity contribution in [3.8, 4) is 11.3 Å². The van der Waals surface area contributed by atoms with Crippen molar-refractivity contribution in [2.75, 3.05) is 37.7 Å². The maximum absolute atomic E-state index is 13.2. The second-order valence-corrected chi connectivity index (χ2v) is 8.39. The first-order chi connectivity index (χ1) is 15.2. The summed E-state index contributed by atoms with van der Waals surface area (Å²) in [6, 6.07) is 11.7. The van der Waals surface area contributed by atoms with E-state index in [1.54, 1.807) is 18.4 Å². The van der Waals surface area contributed by atoms with Gasteiger partial charge in [0.1, 0.15) is 5.69 Å². The Kier molecular flexibility index (Phi) is 5.51. The number of nitrogens with zero attached hydrogens (tertiary/aromatic N) is 3. The Hall–Kier alpha value is -3.06. The minimum absolute atomic E-state index is 0.0961. The molecule has 2 aromatic heterocycles. The largest absolute Gasteiger partial charge is 0.459 e. The SMILES string of the molecule is Cc1cccc(-c2noc(N3CCOCC3)c2CN(CC2CC2)C(=O)c2ccco2)c1. The summed E-state index contributed by atoms with van der Waals surface area (Å²) in [4.78, 5) is 17.3. The highest BCUT2D eigenvalue weighted by atomic mass is 16.5. The number of benzene rings is 1. The molecule has 162 valence electrons. The zero-order valence-electron chi connectivity index (χ0n) is 17.8. The second kappa shape index (κ2) is 8.59. The monoisotopic (exact) mass is 421 g/mol. The van der Waals surface area contributed by atoms with Crippen LogP contribution >= 0.6 is 0 Å². The Morgan fingerprint density at radius 2 is 2.03 bits per heavy atom. The summed E-state index contributed by atoms with van der Waals surface area (Å²) in [6.45, 7) is 5.98. The lowest BCUT2D eigenvalue weighted by atomic mass is 10.0. The lowest BCUT2D eigenvalue weighted by molar-refractivity contribution is 0.0702. The summed E-state index contributed by atoms with van der Waals surface area (Å²) in [5.74, 6) is 1.55. The van der Waals surface area contributed by atoms with Gasteiger partial charge in [-0.2, -0.15) is 0 Å². The molecule has 0 unspecified atom stereocenters. The number of morpholine rings is 1. The number of carbonyl (C=O) groups is 1. The van der Waals surface area contributed by atoms with Crippen LogP contribution in [-0.2, 0) is 11.3 Å². The van der Waals surface area contributed by atoms with Gasteiger partial charge in [0, 0.05) is 25.2 Å². The molecule has 7 heteroatoms. The summed E-state index contributed by atoms with van der Waals surface area (Å²) >= 11 is 0. The van der Waals surface area contributed by atoms with Crippen molar-refractivity contribution in [2.45, 2.75) is 26.3 Å². The predicted molar refractivity (Wildman–Crippen MR) is 116 cm³/mol. The molecule has 1 saturated carbocycles. The van der Waals surface area contributed by atoms with E-state index in [-0.39, 0.29) is 5.91 Å². The van der Waals surface area contributed by atoms with Gasteiger partial charge < -0.3 is 23.5 Å². The average Bonchev–Trinajstić information content (AvgIpc) is 3.26. The molecule has 0 atom stereocenters. The summed E-state index contributed by atoms with van der Waals surface area (Å²) < 4.78 is 16.8. The smallest absolute Gasteiger partial charge is 0.289 e. The minimum Gasteiger partial charge on any atom is -0.459 e. The van der Waals surface area contributed by atoms with Crippen LogP contribution in [0.15, 0.2) is 51.6 Å². The van der Waals surface area contributed by atoms with Crippen molar-refractivity contribution in [3.63, 3.8) is 0 Å². The maximum Gasteiger partial charge on any atom is 0.289 e. The Bertz CT molecular complexity index is 1030. The molecule has 3 aromatic rings. The van der Waals surface area contributed by atoms with E-state index < -0.39 is 0 Å². The van der Waals surface area contributed by atoms with Crippen LogP contribution < -0.4 is 4.90 Å². The van der Waals surface area contributed by atoms with Crippen LogP contribution in [0.5, 0.6) is 0 Å². The standard InChI is InChI=1S/C24H27N3O4/c1-17-4-2-5-19(14-17)22-20(24(31-25-22)26-9-12-29-13-10-26)16-27(15-18-7-8-18)23(28)21-6-3-11-30-21/h2-6,11,14,18H,7-10,12-13,15-16H2,1H3. The highest BCUT2D eigenvalue weighted by Gasteiger charge is 2.32. The van der Waals surface area contributed by atoms with Crippen LogP contribution in [0.1, 0.15) is 34.5 Å². The third-order valence-electron chi connectivity index (χ3n) is 5.90. The van der Waals surface area contributed by atoms with Gasteiger partial charge in [-0.25, -0.2) is 0 Å². The number of amides is 1.